The van der Waals surface area contributed by atoms with E-state index in [9.17, 15) is 18.4 Å². The summed E-state index contributed by atoms with van der Waals surface area (Å²) in [4.78, 5) is 33.3. The number of carbonyl (C=O) groups excluding carboxylic acids is 2. The summed E-state index contributed by atoms with van der Waals surface area (Å²) in [6.07, 6.45) is -1.88. The molecule has 1 aromatic carbocycles. The SMILES string of the molecule is CCCn1c(NC(=O)c2sc(C(F)F)nc2CC)nc2cc(C(N)=O)cc(OC3COC3)c21. The molecule has 1 aliphatic rings. The molecule has 0 atom stereocenters. The van der Waals surface area contributed by atoms with Gasteiger partial charge in [-0.15, -0.1) is 11.3 Å². The minimum absolute atomic E-state index is 0.115. The number of hydrogen-bond donors (Lipinski definition) is 2. The van der Waals surface area contributed by atoms with Gasteiger partial charge in [0.15, 0.2) is 5.01 Å². The van der Waals surface area contributed by atoms with Crippen LogP contribution in [-0.2, 0) is 17.7 Å². The van der Waals surface area contributed by atoms with E-state index in [-0.39, 0.29) is 22.5 Å². The normalized spacial score (nSPS) is 14.0. The fourth-order valence-corrected chi connectivity index (χ4v) is 4.40. The third-order valence-electron chi connectivity index (χ3n) is 5.11. The predicted molar refractivity (Wildman–Crippen MR) is 118 cm³/mol. The van der Waals surface area contributed by atoms with E-state index in [2.05, 4.69) is 15.3 Å². The molecule has 12 heteroatoms. The van der Waals surface area contributed by atoms with E-state index in [1.807, 2.05) is 6.92 Å². The van der Waals surface area contributed by atoms with Crippen LogP contribution >= 0.6 is 11.3 Å². The summed E-state index contributed by atoms with van der Waals surface area (Å²) in [6.45, 7) is 5.04. The molecule has 0 spiro atoms. The van der Waals surface area contributed by atoms with E-state index < -0.39 is 23.2 Å². The lowest BCUT2D eigenvalue weighted by molar-refractivity contribution is -0.0792. The second-order valence-electron chi connectivity index (χ2n) is 7.51. The van der Waals surface area contributed by atoms with E-state index in [1.165, 1.54) is 6.07 Å². The molecule has 0 bridgehead atoms. The highest BCUT2D eigenvalue weighted by Crippen LogP contribution is 2.33. The van der Waals surface area contributed by atoms with Crippen LogP contribution in [-0.4, -0.2) is 45.7 Å². The zero-order valence-corrected chi connectivity index (χ0v) is 18.9. The van der Waals surface area contributed by atoms with Crippen LogP contribution < -0.4 is 15.8 Å². The van der Waals surface area contributed by atoms with Gasteiger partial charge < -0.3 is 19.8 Å². The molecule has 3 aromatic rings. The number of carbonyl (C=O) groups is 2. The molecule has 1 aliphatic heterocycles. The number of rotatable bonds is 9. The summed E-state index contributed by atoms with van der Waals surface area (Å²) in [5.41, 5.74) is 7.01. The van der Waals surface area contributed by atoms with Crippen molar-refractivity contribution in [3.63, 3.8) is 0 Å². The van der Waals surface area contributed by atoms with Gasteiger partial charge in [0.1, 0.15) is 22.2 Å². The minimum atomic E-state index is -2.76. The monoisotopic (exact) mass is 479 g/mol. The summed E-state index contributed by atoms with van der Waals surface area (Å²) in [5.74, 6) is -0.599. The molecule has 9 nitrogen and oxygen atoms in total. The first kappa shape index (κ1) is 23.1. The molecule has 33 heavy (non-hydrogen) atoms. The van der Waals surface area contributed by atoms with Crippen LogP contribution in [0.25, 0.3) is 11.0 Å². The number of aromatic nitrogens is 3. The Morgan fingerprint density at radius 1 is 1.33 bits per heavy atom. The van der Waals surface area contributed by atoms with Crippen molar-refractivity contribution in [3.05, 3.63) is 33.3 Å². The standard InChI is InChI=1S/C21H23F2N5O4S/c1-3-5-28-15-13(6-10(18(24)29)7-14(15)32-11-8-31-9-11)26-21(28)27-19(30)16-12(4-2)25-20(33-16)17(22)23/h6-7,11,17H,3-5,8-9H2,1-2H3,(H2,24,29)(H,26,27,30). The van der Waals surface area contributed by atoms with Gasteiger partial charge in [-0.25, -0.2) is 18.7 Å². The Kier molecular flexibility index (Phi) is 6.56. The first-order valence-corrected chi connectivity index (χ1v) is 11.3. The number of benzene rings is 1. The lowest BCUT2D eigenvalue weighted by Gasteiger charge is -2.27. The lowest BCUT2D eigenvalue weighted by Crippen LogP contribution is -2.38. The molecule has 3 heterocycles. The largest absolute Gasteiger partial charge is 0.483 e. The van der Waals surface area contributed by atoms with E-state index in [1.54, 1.807) is 17.6 Å². The van der Waals surface area contributed by atoms with Crippen LogP contribution in [0.2, 0.25) is 0 Å². The van der Waals surface area contributed by atoms with Gasteiger partial charge in [0.25, 0.3) is 12.3 Å². The second kappa shape index (κ2) is 9.40. The molecule has 0 radical (unpaired) electrons. The van der Waals surface area contributed by atoms with Gasteiger partial charge in [-0.2, -0.15) is 0 Å². The topological polar surface area (TPSA) is 121 Å². The third kappa shape index (κ3) is 4.53. The number of nitrogens with two attached hydrogens (primary N) is 1. The molecule has 0 unspecified atom stereocenters. The molecular formula is C21H23F2N5O4S. The Balaban J connectivity index is 1.77. The van der Waals surface area contributed by atoms with E-state index >= 15 is 0 Å². The Bertz CT molecular complexity index is 1210. The van der Waals surface area contributed by atoms with E-state index in [4.69, 9.17) is 15.2 Å². The summed E-state index contributed by atoms with van der Waals surface area (Å²) < 4.78 is 39.2. The first-order valence-electron chi connectivity index (χ1n) is 10.5. The molecule has 2 aromatic heterocycles. The van der Waals surface area contributed by atoms with Crippen molar-refractivity contribution in [2.45, 2.75) is 45.8 Å². The van der Waals surface area contributed by atoms with Crippen LogP contribution in [0.1, 0.15) is 57.4 Å². The minimum Gasteiger partial charge on any atom is -0.483 e. The Morgan fingerprint density at radius 2 is 2.09 bits per heavy atom. The molecular weight excluding hydrogens is 456 g/mol. The maximum absolute atomic E-state index is 13.1. The van der Waals surface area contributed by atoms with Gasteiger partial charge in [-0.05, 0) is 25.0 Å². The smallest absolute Gasteiger partial charge is 0.289 e. The van der Waals surface area contributed by atoms with Gasteiger partial charge in [0.05, 0.1) is 24.4 Å². The van der Waals surface area contributed by atoms with Gasteiger partial charge in [-0.1, -0.05) is 13.8 Å². The summed E-state index contributed by atoms with van der Waals surface area (Å²) in [7, 11) is 0. The van der Waals surface area contributed by atoms with E-state index in [0.29, 0.717) is 66.4 Å². The highest BCUT2D eigenvalue weighted by molar-refractivity contribution is 7.14. The van der Waals surface area contributed by atoms with E-state index in [0.717, 1.165) is 0 Å². The fraction of sp³-hybridized carbons (Fsp3) is 0.429. The number of imidazole rings is 1. The Morgan fingerprint density at radius 3 is 2.67 bits per heavy atom. The van der Waals surface area contributed by atoms with Crippen molar-refractivity contribution in [2.75, 3.05) is 18.5 Å². The number of anilines is 1. The zero-order valence-electron chi connectivity index (χ0n) is 18.1. The van der Waals surface area contributed by atoms with Crippen LogP contribution in [0.15, 0.2) is 12.1 Å². The molecule has 2 amide bonds. The second-order valence-corrected chi connectivity index (χ2v) is 8.54. The quantitative estimate of drug-likeness (QED) is 0.484. The van der Waals surface area contributed by atoms with Gasteiger partial charge >= 0.3 is 0 Å². The van der Waals surface area contributed by atoms with Gasteiger partial charge in [-0.3, -0.25) is 14.9 Å². The number of ether oxygens (including phenoxy) is 2. The molecule has 1 saturated heterocycles. The van der Waals surface area contributed by atoms with Gasteiger partial charge in [0.2, 0.25) is 11.9 Å². The molecule has 0 aliphatic carbocycles. The van der Waals surface area contributed by atoms with Crippen molar-refractivity contribution >= 4 is 40.1 Å². The number of halogens is 2. The fourth-order valence-electron chi connectivity index (χ4n) is 3.50. The number of amides is 2. The van der Waals surface area contributed by atoms with Crippen molar-refractivity contribution in [1.82, 2.24) is 14.5 Å². The summed E-state index contributed by atoms with van der Waals surface area (Å²) >= 11 is 0.664. The van der Waals surface area contributed by atoms with Crippen LogP contribution in [0.3, 0.4) is 0 Å². The maximum Gasteiger partial charge on any atom is 0.289 e. The highest BCUT2D eigenvalue weighted by atomic mass is 32.1. The number of alkyl halides is 2. The van der Waals surface area contributed by atoms with Crippen LogP contribution in [0, 0.1) is 0 Å². The Hall–Kier alpha value is -3.12. The average molecular weight is 480 g/mol. The number of nitrogens with zero attached hydrogens (tertiary/aromatic N) is 3. The van der Waals surface area contributed by atoms with Crippen molar-refractivity contribution in [3.8, 4) is 5.75 Å². The predicted octanol–water partition coefficient (Wildman–Crippen LogP) is 3.53. The average Bonchev–Trinajstić information content (AvgIpc) is 3.33. The highest BCUT2D eigenvalue weighted by Gasteiger charge is 2.26. The molecule has 3 N–H and O–H groups in total. The summed E-state index contributed by atoms with van der Waals surface area (Å²) in [5, 5.41) is 2.33. The third-order valence-corrected chi connectivity index (χ3v) is 6.21. The lowest BCUT2D eigenvalue weighted by atomic mass is 10.1. The number of thiazole rings is 1. The zero-order chi connectivity index (χ0) is 23.7. The molecule has 0 saturated carbocycles. The van der Waals surface area contributed by atoms with Crippen LogP contribution in [0.5, 0.6) is 5.75 Å². The Labute approximate surface area is 191 Å². The number of aryl methyl sites for hydroxylation is 2. The van der Waals surface area contributed by atoms with Crippen molar-refractivity contribution in [1.29, 1.82) is 0 Å². The molecule has 1 fully saturated rings. The first-order chi connectivity index (χ1) is 15.8. The van der Waals surface area contributed by atoms with Crippen LogP contribution in [0.4, 0.5) is 14.7 Å². The van der Waals surface area contributed by atoms with Crippen molar-refractivity contribution < 1.29 is 27.8 Å². The number of nitrogens with one attached hydrogen (secondary N) is 1. The number of hydrogen-bond acceptors (Lipinski definition) is 7. The molecule has 176 valence electrons. The maximum atomic E-state index is 13.1. The summed E-state index contributed by atoms with van der Waals surface area (Å²) in [6, 6.07) is 3.08. The van der Waals surface area contributed by atoms with Crippen molar-refractivity contribution in [2.24, 2.45) is 5.73 Å². The van der Waals surface area contributed by atoms with Gasteiger partial charge in [0, 0.05) is 12.1 Å². The number of fused-ring (bicyclic) bond motifs is 1. The molecule has 4 rings (SSSR count). The number of primary amides is 1.